The van der Waals surface area contributed by atoms with Gasteiger partial charge in [-0.2, -0.15) is 5.10 Å². The zero-order valence-electron chi connectivity index (χ0n) is 15.4. The molecule has 0 spiro atoms. The first-order valence-electron chi connectivity index (χ1n) is 9.29. The number of carbonyl (C=O) groups excluding carboxylic acids is 1. The zero-order chi connectivity index (χ0) is 18.1. The fourth-order valence-electron chi connectivity index (χ4n) is 4.00. The Labute approximate surface area is 153 Å². The predicted octanol–water partition coefficient (Wildman–Crippen LogP) is 2.71. The topological polar surface area (TPSA) is 56.6 Å². The summed E-state index contributed by atoms with van der Waals surface area (Å²) >= 11 is 0. The van der Waals surface area contributed by atoms with E-state index in [0.717, 1.165) is 36.5 Å². The van der Waals surface area contributed by atoms with Gasteiger partial charge in [-0.3, -0.25) is 4.79 Å². The van der Waals surface area contributed by atoms with Crippen LogP contribution in [0.25, 0.3) is 5.69 Å². The fourth-order valence-corrected chi connectivity index (χ4v) is 4.00. The average Bonchev–Trinajstić information content (AvgIpc) is 3.30. The van der Waals surface area contributed by atoms with E-state index in [0.29, 0.717) is 25.3 Å². The molecular weight excluding hydrogens is 330 g/mol. The lowest BCUT2D eigenvalue weighted by Crippen LogP contribution is -2.44. The van der Waals surface area contributed by atoms with Crippen molar-refractivity contribution < 1.29 is 14.3 Å². The molecule has 26 heavy (non-hydrogen) atoms. The van der Waals surface area contributed by atoms with E-state index in [2.05, 4.69) is 5.10 Å². The summed E-state index contributed by atoms with van der Waals surface area (Å²) in [4.78, 5) is 15.2. The van der Waals surface area contributed by atoms with Crippen molar-refractivity contribution in [2.45, 2.75) is 33.0 Å². The third-order valence-corrected chi connectivity index (χ3v) is 5.28. The first-order chi connectivity index (χ1) is 12.6. The van der Waals surface area contributed by atoms with Gasteiger partial charge in [-0.05, 0) is 38.8 Å². The van der Waals surface area contributed by atoms with E-state index in [9.17, 15) is 4.79 Å². The standard InChI is InChI=1S/C20H25N3O3/c1-14-18(15(2)23(21-14)17-8-4-3-5-9-17)19(24)22-10-6-7-16(13-22)20-25-11-12-26-20/h3-5,8-9,16,20H,6-7,10-13H2,1-2H3. The Bertz CT molecular complexity index is 781. The molecule has 2 fully saturated rings. The Kier molecular flexibility index (Phi) is 4.78. The summed E-state index contributed by atoms with van der Waals surface area (Å²) in [6.45, 7) is 6.62. The van der Waals surface area contributed by atoms with Crippen LogP contribution in [0.2, 0.25) is 0 Å². The largest absolute Gasteiger partial charge is 0.350 e. The van der Waals surface area contributed by atoms with E-state index in [1.54, 1.807) is 0 Å². The maximum absolute atomic E-state index is 13.2. The van der Waals surface area contributed by atoms with Crippen LogP contribution in [0, 0.1) is 19.8 Å². The minimum Gasteiger partial charge on any atom is -0.350 e. The number of amides is 1. The molecule has 3 heterocycles. The van der Waals surface area contributed by atoms with Crippen molar-refractivity contribution in [3.8, 4) is 5.69 Å². The number of likely N-dealkylation sites (tertiary alicyclic amines) is 1. The van der Waals surface area contributed by atoms with E-state index in [1.165, 1.54) is 0 Å². The maximum Gasteiger partial charge on any atom is 0.257 e. The Morgan fingerprint density at radius 2 is 1.88 bits per heavy atom. The number of hydrogen-bond acceptors (Lipinski definition) is 4. The third-order valence-electron chi connectivity index (χ3n) is 5.28. The van der Waals surface area contributed by atoms with Crippen molar-refractivity contribution in [3.63, 3.8) is 0 Å². The molecule has 2 aromatic rings. The second kappa shape index (κ2) is 7.21. The number of hydrogen-bond donors (Lipinski definition) is 0. The average molecular weight is 355 g/mol. The summed E-state index contributed by atoms with van der Waals surface area (Å²) in [6, 6.07) is 9.93. The highest BCUT2D eigenvalue weighted by molar-refractivity contribution is 5.96. The van der Waals surface area contributed by atoms with Crippen LogP contribution >= 0.6 is 0 Å². The highest BCUT2D eigenvalue weighted by Gasteiger charge is 2.34. The van der Waals surface area contributed by atoms with Crippen LogP contribution in [-0.2, 0) is 9.47 Å². The van der Waals surface area contributed by atoms with Crippen LogP contribution in [-0.4, -0.2) is 53.2 Å². The van der Waals surface area contributed by atoms with Gasteiger partial charge in [0.1, 0.15) is 0 Å². The number of aryl methyl sites for hydroxylation is 1. The van der Waals surface area contributed by atoms with Crippen molar-refractivity contribution >= 4 is 5.91 Å². The van der Waals surface area contributed by atoms with Crippen molar-refractivity contribution in [3.05, 3.63) is 47.3 Å². The molecule has 1 aromatic carbocycles. The number of rotatable bonds is 3. The Morgan fingerprint density at radius 1 is 1.15 bits per heavy atom. The van der Waals surface area contributed by atoms with Crippen molar-refractivity contribution in [2.75, 3.05) is 26.3 Å². The van der Waals surface area contributed by atoms with Crippen LogP contribution in [0.15, 0.2) is 30.3 Å². The minimum atomic E-state index is -0.167. The molecule has 0 saturated carbocycles. The summed E-state index contributed by atoms with van der Waals surface area (Å²) < 4.78 is 13.2. The molecule has 2 saturated heterocycles. The number of para-hydroxylation sites is 1. The minimum absolute atomic E-state index is 0.0601. The van der Waals surface area contributed by atoms with E-state index < -0.39 is 0 Å². The van der Waals surface area contributed by atoms with Gasteiger partial charge in [-0.1, -0.05) is 18.2 Å². The SMILES string of the molecule is Cc1nn(-c2ccccc2)c(C)c1C(=O)N1CCCC(C2OCCO2)C1. The second-order valence-electron chi connectivity index (χ2n) is 7.06. The highest BCUT2D eigenvalue weighted by atomic mass is 16.7. The molecular formula is C20H25N3O3. The summed E-state index contributed by atoms with van der Waals surface area (Å²) in [5, 5.41) is 4.61. The van der Waals surface area contributed by atoms with Gasteiger partial charge in [-0.25, -0.2) is 4.68 Å². The predicted molar refractivity (Wildman–Crippen MR) is 97.4 cm³/mol. The van der Waals surface area contributed by atoms with Crippen LogP contribution in [0.4, 0.5) is 0 Å². The Balaban J connectivity index is 1.57. The van der Waals surface area contributed by atoms with Crippen LogP contribution in [0.3, 0.4) is 0 Å². The molecule has 2 aliphatic rings. The molecule has 0 aliphatic carbocycles. The van der Waals surface area contributed by atoms with E-state index in [4.69, 9.17) is 9.47 Å². The van der Waals surface area contributed by atoms with Crippen LogP contribution in [0.1, 0.15) is 34.6 Å². The quantitative estimate of drug-likeness (QED) is 0.849. The molecule has 6 heteroatoms. The summed E-state index contributed by atoms with van der Waals surface area (Å²) in [5.74, 6) is 0.310. The van der Waals surface area contributed by atoms with Gasteiger partial charge in [0.25, 0.3) is 5.91 Å². The molecule has 1 aromatic heterocycles. The lowest BCUT2D eigenvalue weighted by atomic mass is 9.96. The number of benzene rings is 1. The van der Waals surface area contributed by atoms with Crippen LogP contribution < -0.4 is 0 Å². The molecule has 0 bridgehead atoms. The zero-order valence-corrected chi connectivity index (χ0v) is 15.4. The van der Waals surface area contributed by atoms with Gasteiger partial charge in [0.15, 0.2) is 6.29 Å². The molecule has 1 amide bonds. The summed E-state index contributed by atoms with van der Waals surface area (Å²) in [6.07, 6.45) is 1.85. The number of carbonyl (C=O) groups is 1. The van der Waals surface area contributed by atoms with Gasteiger partial charge in [-0.15, -0.1) is 0 Å². The molecule has 2 aliphatic heterocycles. The van der Waals surface area contributed by atoms with Gasteiger partial charge < -0.3 is 14.4 Å². The van der Waals surface area contributed by atoms with Gasteiger partial charge >= 0.3 is 0 Å². The molecule has 138 valence electrons. The molecule has 0 radical (unpaired) electrons. The number of nitrogens with zero attached hydrogens (tertiary/aromatic N) is 3. The molecule has 1 atom stereocenters. The normalized spacial score (nSPS) is 21.3. The maximum atomic E-state index is 13.2. The number of piperidine rings is 1. The first-order valence-corrected chi connectivity index (χ1v) is 9.29. The fraction of sp³-hybridized carbons (Fsp3) is 0.500. The van der Waals surface area contributed by atoms with Crippen molar-refractivity contribution in [1.29, 1.82) is 0 Å². The smallest absolute Gasteiger partial charge is 0.257 e. The lowest BCUT2D eigenvalue weighted by molar-refractivity contribution is -0.0969. The molecule has 4 rings (SSSR count). The third kappa shape index (κ3) is 3.15. The summed E-state index contributed by atoms with van der Waals surface area (Å²) in [5.41, 5.74) is 3.33. The Hall–Kier alpha value is -2.18. The molecule has 1 unspecified atom stereocenters. The summed E-state index contributed by atoms with van der Waals surface area (Å²) in [7, 11) is 0. The van der Waals surface area contributed by atoms with Gasteiger partial charge in [0, 0.05) is 19.0 Å². The van der Waals surface area contributed by atoms with E-state index in [1.807, 2.05) is 53.8 Å². The van der Waals surface area contributed by atoms with Crippen LogP contribution in [0.5, 0.6) is 0 Å². The van der Waals surface area contributed by atoms with Gasteiger partial charge in [0.05, 0.1) is 35.9 Å². The molecule has 0 N–H and O–H groups in total. The van der Waals surface area contributed by atoms with Crippen molar-refractivity contribution in [2.24, 2.45) is 5.92 Å². The monoisotopic (exact) mass is 355 g/mol. The lowest BCUT2D eigenvalue weighted by Gasteiger charge is -2.34. The van der Waals surface area contributed by atoms with Gasteiger partial charge in [0.2, 0.25) is 0 Å². The first kappa shape index (κ1) is 17.2. The van der Waals surface area contributed by atoms with E-state index >= 15 is 0 Å². The number of aromatic nitrogens is 2. The molecule has 6 nitrogen and oxygen atoms in total. The Morgan fingerprint density at radius 3 is 2.62 bits per heavy atom. The van der Waals surface area contributed by atoms with E-state index in [-0.39, 0.29) is 18.1 Å². The highest BCUT2D eigenvalue weighted by Crippen LogP contribution is 2.27. The number of ether oxygens (including phenoxy) is 2. The second-order valence-corrected chi connectivity index (χ2v) is 7.06. The van der Waals surface area contributed by atoms with Crippen molar-refractivity contribution in [1.82, 2.24) is 14.7 Å².